The molecule has 0 radical (unpaired) electrons. The lowest BCUT2D eigenvalue weighted by Crippen LogP contribution is -2.57. The Hall–Kier alpha value is -1.50. The molecule has 0 aliphatic carbocycles. The molecule has 2 N–H and O–H groups in total. The molecule has 128 valence electrons. The highest BCUT2D eigenvalue weighted by Crippen LogP contribution is 2.28. The molecule has 2 heterocycles. The number of rotatable bonds is 5. The minimum Gasteiger partial charge on any atom is -0.480 e. The van der Waals surface area contributed by atoms with E-state index in [9.17, 15) is 14.7 Å². The predicted octanol–water partition coefficient (Wildman–Crippen LogP) is 1.68. The van der Waals surface area contributed by atoms with E-state index in [4.69, 9.17) is 0 Å². The first kappa shape index (κ1) is 17.8. The van der Waals surface area contributed by atoms with Crippen LogP contribution in [0.25, 0.3) is 0 Å². The number of aliphatic carboxylic acids is 1. The second-order valence-electron chi connectivity index (χ2n) is 6.37. The Kier molecular flexibility index (Phi) is 5.39. The highest BCUT2D eigenvalue weighted by atomic mass is 32.2. The highest BCUT2D eigenvalue weighted by Gasteiger charge is 2.42. The van der Waals surface area contributed by atoms with E-state index in [-0.39, 0.29) is 11.8 Å². The molecule has 23 heavy (non-hydrogen) atoms. The van der Waals surface area contributed by atoms with Crippen molar-refractivity contribution >= 4 is 23.6 Å². The van der Waals surface area contributed by atoms with E-state index < -0.39 is 11.5 Å². The number of hydrogen-bond donors (Lipinski definition) is 2. The fourth-order valence-corrected chi connectivity index (χ4v) is 4.17. The minimum atomic E-state index is -1.10. The molecule has 7 heteroatoms. The third kappa shape index (κ3) is 3.71. The largest absolute Gasteiger partial charge is 0.480 e. The third-order valence-corrected chi connectivity index (χ3v) is 5.72. The van der Waals surface area contributed by atoms with Gasteiger partial charge in [-0.05, 0) is 50.2 Å². The zero-order valence-corrected chi connectivity index (χ0v) is 15.0. The van der Waals surface area contributed by atoms with Crippen LogP contribution in [0.2, 0.25) is 0 Å². The normalized spacial score (nSPS) is 18.4. The van der Waals surface area contributed by atoms with Crippen LogP contribution in [-0.2, 0) is 23.1 Å². The zero-order valence-electron chi connectivity index (χ0n) is 14.2. The average Bonchev–Trinajstić information content (AvgIpc) is 2.74. The van der Waals surface area contributed by atoms with Gasteiger partial charge in [0.2, 0.25) is 5.91 Å². The second-order valence-corrected chi connectivity index (χ2v) is 7.59. The van der Waals surface area contributed by atoms with Gasteiger partial charge in [0.25, 0.3) is 0 Å². The van der Waals surface area contributed by atoms with Gasteiger partial charge in [0.05, 0.1) is 5.69 Å². The first-order valence-corrected chi connectivity index (χ1v) is 9.04. The van der Waals surface area contributed by atoms with Crippen LogP contribution in [0.3, 0.4) is 0 Å². The standard InChI is InChI=1S/C16H25N3O3S/c1-10(9-13-11(2)18-19(4)12(13)3)14(20)17-16(15(21)22)5-7-23-8-6-16/h10H,5-9H2,1-4H3,(H,17,20)(H,21,22). The van der Waals surface area contributed by atoms with Crippen LogP contribution in [0.15, 0.2) is 0 Å². The topological polar surface area (TPSA) is 84.2 Å². The van der Waals surface area contributed by atoms with Gasteiger partial charge >= 0.3 is 5.97 Å². The van der Waals surface area contributed by atoms with Gasteiger partial charge in [-0.15, -0.1) is 0 Å². The third-order valence-electron chi connectivity index (χ3n) is 4.73. The van der Waals surface area contributed by atoms with Crippen LogP contribution in [0, 0.1) is 19.8 Å². The number of amides is 1. The first-order valence-electron chi connectivity index (χ1n) is 7.89. The maximum Gasteiger partial charge on any atom is 0.329 e. The Morgan fingerprint density at radius 3 is 2.48 bits per heavy atom. The van der Waals surface area contributed by atoms with Crippen LogP contribution < -0.4 is 5.32 Å². The van der Waals surface area contributed by atoms with Crippen molar-refractivity contribution in [1.82, 2.24) is 15.1 Å². The Morgan fingerprint density at radius 2 is 2.00 bits per heavy atom. The van der Waals surface area contributed by atoms with Crippen molar-refractivity contribution in [3.63, 3.8) is 0 Å². The van der Waals surface area contributed by atoms with Crippen molar-refractivity contribution in [2.45, 2.75) is 45.6 Å². The zero-order chi connectivity index (χ0) is 17.2. The number of nitrogens with one attached hydrogen (secondary N) is 1. The Labute approximate surface area is 141 Å². The molecule has 0 aromatic carbocycles. The van der Waals surface area contributed by atoms with Crippen LogP contribution in [0.1, 0.15) is 36.7 Å². The number of thioether (sulfide) groups is 1. The molecule has 2 rings (SSSR count). The van der Waals surface area contributed by atoms with Crippen LogP contribution >= 0.6 is 11.8 Å². The summed E-state index contributed by atoms with van der Waals surface area (Å²) in [6, 6.07) is 0. The van der Waals surface area contributed by atoms with Crippen molar-refractivity contribution in [2.75, 3.05) is 11.5 Å². The second kappa shape index (κ2) is 6.95. The molecule has 6 nitrogen and oxygen atoms in total. The SMILES string of the molecule is Cc1nn(C)c(C)c1CC(C)C(=O)NC1(C(=O)O)CCSCC1. The van der Waals surface area contributed by atoms with Crippen molar-refractivity contribution in [1.29, 1.82) is 0 Å². The number of carbonyl (C=O) groups excluding carboxylic acids is 1. The average molecular weight is 339 g/mol. The number of hydrogen-bond acceptors (Lipinski definition) is 4. The van der Waals surface area contributed by atoms with Gasteiger partial charge in [0, 0.05) is 18.7 Å². The fourth-order valence-electron chi connectivity index (χ4n) is 2.98. The quantitative estimate of drug-likeness (QED) is 0.853. The molecule has 1 aromatic rings. The Bertz CT molecular complexity index is 606. The molecule has 1 atom stereocenters. The summed E-state index contributed by atoms with van der Waals surface area (Å²) in [7, 11) is 1.88. The number of carbonyl (C=O) groups is 2. The van der Waals surface area contributed by atoms with E-state index in [1.165, 1.54) is 0 Å². The summed E-state index contributed by atoms with van der Waals surface area (Å²) in [4.78, 5) is 24.2. The highest BCUT2D eigenvalue weighted by molar-refractivity contribution is 7.99. The minimum absolute atomic E-state index is 0.193. The van der Waals surface area contributed by atoms with Crippen molar-refractivity contribution in [3.05, 3.63) is 17.0 Å². The van der Waals surface area contributed by atoms with E-state index in [2.05, 4.69) is 10.4 Å². The monoisotopic (exact) mass is 339 g/mol. The smallest absolute Gasteiger partial charge is 0.329 e. The maximum absolute atomic E-state index is 12.5. The molecule has 0 bridgehead atoms. The van der Waals surface area contributed by atoms with Crippen LogP contribution in [-0.4, -0.2) is 43.8 Å². The van der Waals surface area contributed by atoms with E-state index >= 15 is 0 Å². The van der Waals surface area contributed by atoms with Gasteiger partial charge in [-0.2, -0.15) is 16.9 Å². The van der Waals surface area contributed by atoms with Gasteiger partial charge in [0.1, 0.15) is 5.54 Å². The summed E-state index contributed by atoms with van der Waals surface area (Å²) < 4.78 is 1.81. The molecular formula is C16H25N3O3S. The molecule has 1 aliphatic rings. The summed E-state index contributed by atoms with van der Waals surface area (Å²) in [5.74, 6) is 0.125. The maximum atomic E-state index is 12.5. The van der Waals surface area contributed by atoms with E-state index in [0.717, 1.165) is 28.5 Å². The predicted molar refractivity (Wildman–Crippen MR) is 90.6 cm³/mol. The lowest BCUT2D eigenvalue weighted by molar-refractivity contribution is -0.148. The number of carboxylic acids is 1. The number of aromatic nitrogens is 2. The first-order chi connectivity index (χ1) is 10.8. The Morgan fingerprint density at radius 1 is 1.39 bits per heavy atom. The summed E-state index contributed by atoms with van der Waals surface area (Å²) in [5.41, 5.74) is 1.94. The summed E-state index contributed by atoms with van der Waals surface area (Å²) in [6.07, 6.45) is 1.54. The van der Waals surface area contributed by atoms with E-state index in [0.29, 0.717) is 19.3 Å². The van der Waals surface area contributed by atoms with E-state index in [1.807, 2.05) is 32.5 Å². The number of nitrogens with zero attached hydrogens (tertiary/aromatic N) is 2. The number of carboxylic acid groups (broad SMARTS) is 1. The lowest BCUT2D eigenvalue weighted by atomic mass is 9.90. The number of aryl methyl sites for hydroxylation is 2. The van der Waals surface area contributed by atoms with Crippen LogP contribution in [0.5, 0.6) is 0 Å². The van der Waals surface area contributed by atoms with Crippen molar-refractivity contribution in [2.24, 2.45) is 13.0 Å². The van der Waals surface area contributed by atoms with E-state index in [1.54, 1.807) is 11.8 Å². The van der Waals surface area contributed by atoms with Crippen molar-refractivity contribution < 1.29 is 14.7 Å². The van der Waals surface area contributed by atoms with Gasteiger partial charge < -0.3 is 10.4 Å². The molecular weight excluding hydrogens is 314 g/mol. The van der Waals surface area contributed by atoms with Crippen LogP contribution in [0.4, 0.5) is 0 Å². The molecule has 1 aliphatic heterocycles. The fraction of sp³-hybridized carbons (Fsp3) is 0.688. The van der Waals surface area contributed by atoms with Gasteiger partial charge in [-0.25, -0.2) is 4.79 Å². The van der Waals surface area contributed by atoms with Crippen molar-refractivity contribution in [3.8, 4) is 0 Å². The molecule has 1 unspecified atom stereocenters. The lowest BCUT2D eigenvalue weighted by Gasteiger charge is -2.34. The summed E-state index contributed by atoms with van der Waals surface area (Å²) in [5, 5.41) is 16.8. The molecule has 0 spiro atoms. The molecule has 1 aromatic heterocycles. The van der Waals surface area contributed by atoms with Gasteiger partial charge in [-0.3, -0.25) is 9.48 Å². The molecule has 1 amide bonds. The molecule has 1 saturated heterocycles. The molecule has 1 fully saturated rings. The summed E-state index contributed by atoms with van der Waals surface area (Å²) >= 11 is 1.73. The Balaban J connectivity index is 2.08. The van der Waals surface area contributed by atoms with Gasteiger partial charge in [-0.1, -0.05) is 6.92 Å². The molecule has 0 saturated carbocycles. The summed E-state index contributed by atoms with van der Waals surface area (Å²) in [6.45, 7) is 5.76. The van der Waals surface area contributed by atoms with Gasteiger partial charge in [0.15, 0.2) is 0 Å².